The monoisotopic (exact) mass is 699 g/mol. The zero-order valence-electron chi connectivity index (χ0n) is 24.2. The van der Waals surface area contributed by atoms with E-state index >= 15 is 4.39 Å². The predicted molar refractivity (Wildman–Crippen MR) is 149 cm³/mol. The standard InChI is InChI=1S/C30H29ClF7NO6S/c1-16-14-20(4-6-22(16)31)46(44,45)27-12-13-39(25(42)26(43)10-8-17(9-11-26)24(40)41)23(27)7-2-18-15-19(3-5-21(18)27)28(32,29(33,34)35)30(36,37)38/h3-6,14-15,17,23,43H,2,7-13H2,1H3,(H,40,41). The third kappa shape index (κ3) is 4.99. The highest BCUT2D eigenvalue weighted by molar-refractivity contribution is 7.92. The quantitative estimate of drug-likeness (QED) is 0.362. The number of carboxylic acid groups (broad SMARTS) is 1. The lowest BCUT2D eigenvalue weighted by atomic mass is 9.75. The lowest BCUT2D eigenvalue weighted by Crippen LogP contribution is -2.57. The lowest BCUT2D eigenvalue weighted by molar-refractivity contribution is -0.348. The number of benzene rings is 2. The van der Waals surface area contributed by atoms with Gasteiger partial charge in [-0.25, -0.2) is 12.8 Å². The molecule has 0 spiro atoms. The number of nitrogens with zero attached hydrogens (tertiary/aromatic N) is 1. The Morgan fingerprint density at radius 1 is 0.935 bits per heavy atom. The molecule has 2 aliphatic carbocycles. The summed E-state index contributed by atoms with van der Waals surface area (Å²) in [5.41, 5.74) is -9.58. The van der Waals surface area contributed by atoms with Crippen LogP contribution < -0.4 is 0 Å². The molecule has 2 atom stereocenters. The van der Waals surface area contributed by atoms with Crippen LogP contribution >= 0.6 is 11.6 Å². The van der Waals surface area contributed by atoms with Gasteiger partial charge in [0.05, 0.1) is 16.9 Å². The van der Waals surface area contributed by atoms with Crippen molar-refractivity contribution in [2.75, 3.05) is 6.54 Å². The summed E-state index contributed by atoms with van der Waals surface area (Å²) in [6, 6.07) is 3.97. The van der Waals surface area contributed by atoms with Crippen LogP contribution in [0.25, 0.3) is 0 Å². The Balaban J connectivity index is 1.66. The van der Waals surface area contributed by atoms with E-state index in [0.29, 0.717) is 11.6 Å². The van der Waals surface area contributed by atoms with Crippen LogP contribution in [-0.4, -0.2) is 65.9 Å². The van der Waals surface area contributed by atoms with Gasteiger partial charge in [0.15, 0.2) is 9.84 Å². The Morgan fingerprint density at radius 2 is 1.54 bits per heavy atom. The number of halogens is 8. The van der Waals surface area contributed by atoms with Gasteiger partial charge in [-0.2, -0.15) is 26.3 Å². The highest BCUT2D eigenvalue weighted by atomic mass is 35.5. The van der Waals surface area contributed by atoms with Crippen molar-refractivity contribution in [1.29, 1.82) is 0 Å². The normalized spacial score (nSPS) is 27.2. The van der Waals surface area contributed by atoms with Gasteiger partial charge in [0.25, 0.3) is 5.91 Å². The first-order valence-corrected chi connectivity index (χ1v) is 16.2. The second-order valence-corrected chi connectivity index (χ2v) is 14.9. The molecule has 2 unspecified atom stereocenters. The summed E-state index contributed by atoms with van der Waals surface area (Å²) in [4.78, 5) is 26.2. The summed E-state index contributed by atoms with van der Waals surface area (Å²) in [7, 11) is -4.61. The number of amides is 1. The summed E-state index contributed by atoms with van der Waals surface area (Å²) in [5.74, 6) is -2.72. The topological polar surface area (TPSA) is 112 Å². The molecule has 0 aromatic heterocycles. The van der Waals surface area contributed by atoms with Crippen molar-refractivity contribution >= 4 is 33.3 Å². The molecule has 7 nitrogen and oxygen atoms in total. The van der Waals surface area contributed by atoms with Gasteiger partial charge in [-0.3, -0.25) is 9.59 Å². The average molecular weight is 700 g/mol. The Kier molecular flexibility index (Phi) is 8.29. The lowest BCUT2D eigenvalue weighted by Gasteiger charge is -2.45. The molecule has 2 N–H and O–H groups in total. The van der Waals surface area contributed by atoms with Crippen molar-refractivity contribution < 1.29 is 59.0 Å². The van der Waals surface area contributed by atoms with Gasteiger partial charge < -0.3 is 15.1 Å². The van der Waals surface area contributed by atoms with E-state index in [-0.39, 0.29) is 78.6 Å². The molecule has 3 aliphatic rings. The van der Waals surface area contributed by atoms with Crippen LogP contribution in [0.3, 0.4) is 0 Å². The zero-order chi connectivity index (χ0) is 34.3. The maximum Gasteiger partial charge on any atom is 0.435 e. The van der Waals surface area contributed by atoms with Crippen LogP contribution in [-0.2, 0) is 36.3 Å². The van der Waals surface area contributed by atoms with Gasteiger partial charge in [-0.1, -0.05) is 29.8 Å². The molecule has 252 valence electrons. The van der Waals surface area contributed by atoms with Crippen molar-refractivity contribution in [3.05, 3.63) is 63.7 Å². The fourth-order valence-corrected chi connectivity index (χ4v) is 9.86. The molecule has 2 fully saturated rings. The minimum absolute atomic E-state index is 0.0153. The molecular weight excluding hydrogens is 671 g/mol. The molecule has 2 aromatic rings. The average Bonchev–Trinajstić information content (AvgIpc) is 3.38. The number of hydrogen-bond acceptors (Lipinski definition) is 5. The third-order valence-corrected chi connectivity index (χ3v) is 12.8. The number of carboxylic acids is 1. The molecule has 0 radical (unpaired) electrons. The SMILES string of the molecule is Cc1cc(S(=O)(=O)C23CCN(C(=O)C4(O)CCC(C(=O)O)CC4)C2CCc2cc(C(F)(C(F)(F)F)C(F)(F)F)ccc23)ccc1Cl. The van der Waals surface area contributed by atoms with E-state index in [4.69, 9.17) is 11.6 Å². The Hall–Kier alpha value is -2.91. The van der Waals surface area contributed by atoms with Crippen LogP contribution in [0.2, 0.25) is 5.02 Å². The highest BCUT2D eigenvalue weighted by Gasteiger charge is 2.74. The van der Waals surface area contributed by atoms with Crippen LogP contribution in [0, 0.1) is 12.8 Å². The van der Waals surface area contributed by atoms with Gasteiger partial charge >= 0.3 is 24.0 Å². The number of carbonyl (C=O) groups excluding carboxylic acids is 1. The van der Waals surface area contributed by atoms with Crippen molar-refractivity contribution in [3.8, 4) is 0 Å². The van der Waals surface area contributed by atoms with Crippen molar-refractivity contribution in [2.45, 2.75) is 91.2 Å². The van der Waals surface area contributed by atoms with E-state index in [9.17, 15) is 54.6 Å². The Bertz CT molecular complexity index is 1670. The van der Waals surface area contributed by atoms with E-state index in [1.807, 2.05) is 0 Å². The third-order valence-electron chi connectivity index (χ3n) is 9.81. The fraction of sp³-hybridized carbons (Fsp3) is 0.533. The van der Waals surface area contributed by atoms with Crippen molar-refractivity contribution in [1.82, 2.24) is 4.90 Å². The summed E-state index contributed by atoms with van der Waals surface area (Å²) in [5, 5.41) is 20.9. The summed E-state index contributed by atoms with van der Waals surface area (Å²) in [6.45, 7) is 1.28. The molecule has 1 saturated heterocycles. The maximum absolute atomic E-state index is 15.0. The molecule has 46 heavy (non-hydrogen) atoms. The van der Waals surface area contributed by atoms with E-state index in [1.165, 1.54) is 30.0 Å². The first-order chi connectivity index (χ1) is 21.1. The largest absolute Gasteiger partial charge is 0.481 e. The number of sulfone groups is 1. The molecule has 0 bridgehead atoms. The van der Waals surface area contributed by atoms with Crippen molar-refractivity contribution in [3.63, 3.8) is 0 Å². The Morgan fingerprint density at radius 3 is 2.09 bits per heavy atom. The molecule has 2 aromatic carbocycles. The molecule has 1 heterocycles. The summed E-state index contributed by atoms with van der Waals surface area (Å²) < 4.78 is 124. The molecule has 1 amide bonds. The first kappa shape index (κ1) is 34.4. The van der Waals surface area contributed by atoms with Crippen LogP contribution in [0.1, 0.15) is 60.8 Å². The van der Waals surface area contributed by atoms with Gasteiger partial charge in [-0.05, 0) is 86.8 Å². The van der Waals surface area contributed by atoms with Gasteiger partial charge in [0.1, 0.15) is 10.3 Å². The second kappa shape index (κ2) is 11.1. The zero-order valence-corrected chi connectivity index (χ0v) is 25.8. The summed E-state index contributed by atoms with van der Waals surface area (Å²) >= 11 is 6.11. The van der Waals surface area contributed by atoms with E-state index in [1.54, 1.807) is 0 Å². The number of hydrogen-bond donors (Lipinski definition) is 2. The first-order valence-electron chi connectivity index (χ1n) is 14.3. The molecule has 5 rings (SSSR count). The molecule has 1 aliphatic heterocycles. The maximum atomic E-state index is 15.0. The minimum atomic E-state index is -6.38. The Labute approximate surface area is 264 Å². The number of aryl methyl sites for hydroxylation is 2. The van der Waals surface area contributed by atoms with Crippen LogP contribution in [0.5, 0.6) is 0 Å². The number of likely N-dealkylation sites (tertiary alicyclic amines) is 1. The van der Waals surface area contributed by atoms with Gasteiger partial charge in [-0.15, -0.1) is 0 Å². The number of aliphatic carboxylic acids is 1. The molecular formula is C30H29ClF7NO6S. The number of fused-ring (bicyclic) bond motifs is 3. The second-order valence-electron chi connectivity index (χ2n) is 12.3. The number of aliphatic hydroxyl groups is 1. The minimum Gasteiger partial charge on any atom is -0.481 e. The van der Waals surface area contributed by atoms with Crippen LogP contribution in [0.15, 0.2) is 41.3 Å². The summed E-state index contributed by atoms with van der Waals surface area (Å²) in [6.07, 6.45) is -14.1. The van der Waals surface area contributed by atoms with E-state index in [0.717, 1.165) is 6.07 Å². The number of carbonyl (C=O) groups is 2. The number of rotatable bonds is 5. The molecule has 16 heteroatoms. The predicted octanol–water partition coefficient (Wildman–Crippen LogP) is 6.16. The number of alkyl halides is 7. The molecule has 1 saturated carbocycles. The van der Waals surface area contributed by atoms with E-state index in [2.05, 4.69) is 0 Å². The fourth-order valence-electron chi connectivity index (χ4n) is 7.29. The van der Waals surface area contributed by atoms with Gasteiger partial charge in [0.2, 0.25) is 0 Å². The smallest absolute Gasteiger partial charge is 0.435 e. The van der Waals surface area contributed by atoms with Gasteiger partial charge in [0, 0.05) is 17.1 Å². The van der Waals surface area contributed by atoms with E-state index < -0.39 is 67.6 Å². The van der Waals surface area contributed by atoms with Crippen LogP contribution in [0.4, 0.5) is 30.7 Å². The highest BCUT2D eigenvalue weighted by Crippen LogP contribution is 2.57. The van der Waals surface area contributed by atoms with Crippen molar-refractivity contribution in [2.24, 2.45) is 5.92 Å².